The Hall–Kier alpha value is -2.05. The van der Waals surface area contributed by atoms with E-state index in [2.05, 4.69) is 31.2 Å². The molecule has 7 heteroatoms. The number of carbonyl (C=O) groups excluding carboxylic acids is 1. The van der Waals surface area contributed by atoms with Crippen LogP contribution in [0.3, 0.4) is 0 Å². The Kier molecular flexibility index (Phi) is 13.1. The second kappa shape index (κ2) is 14.3. The number of allylic oxidation sites excluding steroid dienone is 4. The molecule has 1 radical (unpaired) electrons. The molecule has 7 nitrogen and oxygen atoms in total. The zero-order valence-corrected chi connectivity index (χ0v) is 15.0. The van der Waals surface area contributed by atoms with Crippen molar-refractivity contribution in [1.82, 2.24) is 0 Å². The van der Waals surface area contributed by atoms with Crippen molar-refractivity contribution in [2.75, 3.05) is 0 Å². The second-order valence-electron chi connectivity index (χ2n) is 6.06. The molecule has 0 aromatic rings. The van der Waals surface area contributed by atoms with Crippen molar-refractivity contribution in [3.8, 4) is 0 Å². The maximum absolute atomic E-state index is 10.7. The van der Waals surface area contributed by atoms with Gasteiger partial charge in [0.1, 0.15) is 9.85 Å². The number of hydrogen-bond acceptors (Lipinski definition) is 5. The fraction of sp³-hybridized carbons (Fsp3) is 0.722. The van der Waals surface area contributed by atoms with Crippen molar-refractivity contribution >= 4 is 6.29 Å². The molecular formula is C18H29N2O5. The molecular weight excluding hydrogens is 324 g/mol. The molecule has 0 atom stereocenters. The van der Waals surface area contributed by atoms with E-state index in [-0.39, 0.29) is 6.42 Å². The SMILES string of the molecule is CCCCC/C=C/C/C=C/CCCCCCC([C]=O)([N+](=O)[O-])[N+](=O)[O-]. The summed E-state index contributed by atoms with van der Waals surface area (Å²) in [5.41, 5.74) is -2.80. The summed E-state index contributed by atoms with van der Waals surface area (Å²) >= 11 is 0. The summed E-state index contributed by atoms with van der Waals surface area (Å²) < 4.78 is 0. The number of hydrogen-bond donors (Lipinski definition) is 0. The third-order valence-corrected chi connectivity index (χ3v) is 3.99. The van der Waals surface area contributed by atoms with Crippen LogP contribution in [0.15, 0.2) is 24.3 Å². The van der Waals surface area contributed by atoms with Gasteiger partial charge in [-0.3, -0.25) is 25.0 Å². The van der Waals surface area contributed by atoms with Gasteiger partial charge in [-0.15, -0.1) is 0 Å². The molecule has 0 bridgehead atoms. The highest BCUT2D eigenvalue weighted by Crippen LogP contribution is 2.18. The minimum absolute atomic E-state index is 0.265. The molecule has 0 saturated carbocycles. The van der Waals surface area contributed by atoms with Gasteiger partial charge in [-0.2, -0.15) is 0 Å². The average molecular weight is 353 g/mol. The van der Waals surface area contributed by atoms with Crippen molar-refractivity contribution in [2.45, 2.75) is 83.2 Å². The van der Waals surface area contributed by atoms with Gasteiger partial charge in [0.15, 0.2) is 0 Å². The monoisotopic (exact) mass is 353 g/mol. The maximum atomic E-state index is 10.7. The molecule has 0 spiro atoms. The lowest BCUT2D eigenvalue weighted by Crippen LogP contribution is -2.47. The van der Waals surface area contributed by atoms with Gasteiger partial charge in [0.2, 0.25) is 0 Å². The van der Waals surface area contributed by atoms with E-state index >= 15 is 0 Å². The van der Waals surface area contributed by atoms with Gasteiger partial charge in [0.05, 0.1) is 6.42 Å². The van der Waals surface area contributed by atoms with Gasteiger partial charge >= 0.3 is 11.9 Å². The summed E-state index contributed by atoms with van der Waals surface area (Å²) in [6, 6.07) is 0. The molecule has 0 aliphatic carbocycles. The topological polar surface area (TPSA) is 103 Å². The minimum atomic E-state index is -2.80. The maximum Gasteiger partial charge on any atom is 0.523 e. The third-order valence-electron chi connectivity index (χ3n) is 3.99. The van der Waals surface area contributed by atoms with E-state index in [4.69, 9.17) is 0 Å². The molecule has 0 saturated heterocycles. The fourth-order valence-corrected chi connectivity index (χ4v) is 2.38. The van der Waals surface area contributed by atoms with Crippen LogP contribution in [0.5, 0.6) is 0 Å². The normalized spacial score (nSPS) is 12.0. The standard InChI is InChI=1S/C18H29N2O5/c1-2-3-4-5-6-7-8-9-10-11-12-13-14-15-16-18(17-21,19(22)23)20(24)25/h6-7,9-10H,2-5,8,11-16H2,1H3/b7-6+,10-9+. The number of nitrogens with zero attached hydrogens (tertiary/aromatic N) is 2. The van der Waals surface area contributed by atoms with Gasteiger partial charge in [-0.05, 0) is 38.5 Å². The highest BCUT2D eigenvalue weighted by atomic mass is 16.7. The molecule has 0 aromatic carbocycles. The molecule has 0 unspecified atom stereocenters. The summed E-state index contributed by atoms with van der Waals surface area (Å²) in [6.07, 6.45) is 18.5. The van der Waals surface area contributed by atoms with Gasteiger partial charge < -0.3 is 0 Å². The highest BCUT2D eigenvalue weighted by molar-refractivity contribution is 5.59. The van der Waals surface area contributed by atoms with Crippen LogP contribution < -0.4 is 0 Å². The Morgan fingerprint density at radius 3 is 1.84 bits per heavy atom. The van der Waals surface area contributed by atoms with Gasteiger partial charge in [0.25, 0.3) is 0 Å². The fourth-order valence-electron chi connectivity index (χ4n) is 2.38. The molecule has 0 amide bonds. The minimum Gasteiger partial charge on any atom is -0.273 e. The van der Waals surface area contributed by atoms with Crippen LogP contribution in [-0.2, 0) is 4.79 Å². The summed E-state index contributed by atoms with van der Waals surface area (Å²) in [4.78, 5) is 29.8. The van der Waals surface area contributed by atoms with E-state index in [9.17, 15) is 25.0 Å². The first-order valence-electron chi connectivity index (χ1n) is 8.99. The zero-order valence-electron chi connectivity index (χ0n) is 15.0. The molecule has 0 aliphatic rings. The summed E-state index contributed by atoms with van der Waals surface area (Å²) in [6.45, 7) is 2.19. The second-order valence-corrected chi connectivity index (χ2v) is 6.06. The van der Waals surface area contributed by atoms with Crippen LogP contribution >= 0.6 is 0 Å². The lowest BCUT2D eigenvalue weighted by atomic mass is 10.0. The zero-order chi connectivity index (χ0) is 19.0. The molecule has 0 rings (SSSR count). The Morgan fingerprint density at radius 2 is 1.36 bits per heavy atom. The Morgan fingerprint density at radius 1 is 0.840 bits per heavy atom. The molecule has 0 fully saturated rings. The van der Waals surface area contributed by atoms with E-state index in [0.717, 1.165) is 38.4 Å². The summed E-state index contributed by atoms with van der Waals surface area (Å²) in [5, 5.41) is 21.5. The first-order valence-corrected chi connectivity index (χ1v) is 8.99. The van der Waals surface area contributed by atoms with Gasteiger partial charge in [-0.25, -0.2) is 0 Å². The predicted molar refractivity (Wildman–Crippen MR) is 97.2 cm³/mol. The number of nitro groups is 2. The number of rotatable bonds is 16. The molecule has 0 heterocycles. The van der Waals surface area contributed by atoms with Crippen molar-refractivity contribution in [3.05, 3.63) is 44.5 Å². The summed E-state index contributed by atoms with van der Waals surface area (Å²) in [7, 11) is 0. The first kappa shape index (κ1) is 22.9. The van der Waals surface area contributed by atoms with Crippen LogP contribution in [0.2, 0.25) is 0 Å². The average Bonchev–Trinajstić information content (AvgIpc) is 2.58. The quantitative estimate of drug-likeness (QED) is 0.131. The largest absolute Gasteiger partial charge is 0.523 e. The van der Waals surface area contributed by atoms with Crippen LogP contribution in [-0.4, -0.2) is 21.8 Å². The van der Waals surface area contributed by atoms with E-state index in [1.54, 1.807) is 0 Å². The highest BCUT2D eigenvalue weighted by Gasteiger charge is 2.57. The van der Waals surface area contributed by atoms with Crippen LogP contribution in [0.25, 0.3) is 0 Å². The molecule has 0 aromatic heterocycles. The van der Waals surface area contributed by atoms with Crippen molar-refractivity contribution < 1.29 is 14.6 Å². The van der Waals surface area contributed by atoms with Gasteiger partial charge in [0, 0.05) is 0 Å². The van der Waals surface area contributed by atoms with Crippen LogP contribution in [0.1, 0.15) is 77.6 Å². The van der Waals surface area contributed by atoms with Gasteiger partial charge in [-0.1, -0.05) is 56.9 Å². The van der Waals surface area contributed by atoms with Crippen LogP contribution in [0.4, 0.5) is 0 Å². The molecule has 0 N–H and O–H groups in total. The van der Waals surface area contributed by atoms with E-state index in [1.807, 2.05) is 0 Å². The molecule has 0 aliphatic heterocycles. The van der Waals surface area contributed by atoms with Crippen molar-refractivity contribution in [1.29, 1.82) is 0 Å². The lowest BCUT2D eigenvalue weighted by Gasteiger charge is -2.09. The summed E-state index contributed by atoms with van der Waals surface area (Å²) in [5.74, 6) is 0. The van der Waals surface area contributed by atoms with Crippen molar-refractivity contribution in [3.63, 3.8) is 0 Å². The van der Waals surface area contributed by atoms with Crippen molar-refractivity contribution in [2.24, 2.45) is 0 Å². The van der Waals surface area contributed by atoms with E-state index < -0.39 is 21.9 Å². The Labute approximate surface area is 149 Å². The molecule has 141 valence electrons. The van der Waals surface area contributed by atoms with E-state index in [1.165, 1.54) is 19.3 Å². The van der Waals surface area contributed by atoms with Crippen LogP contribution in [0, 0.1) is 20.2 Å². The Bertz CT molecular complexity index is 446. The lowest BCUT2D eigenvalue weighted by molar-refractivity contribution is -0.772. The number of unbranched alkanes of at least 4 members (excludes halogenated alkanes) is 7. The molecule has 25 heavy (non-hydrogen) atoms. The Balaban J connectivity index is 3.76. The third kappa shape index (κ3) is 9.74. The smallest absolute Gasteiger partial charge is 0.273 e. The predicted octanol–water partition coefficient (Wildman–Crippen LogP) is 4.77. The first-order chi connectivity index (χ1) is 12.0. The van der Waals surface area contributed by atoms with E-state index in [0.29, 0.717) is 6.42 Å².